The van der Waals surface area contributed by atoms with Crippen LogP contribution >= 0.6 is 7.82 Å². The largest absolute Gasteiger partial charge is 0.472 e. The number of phosphoric acid groups is 1. The fraction of sp³-hybridized carbons (Fsp3) is 0.865. The lowest BCUT2D eigenvalue weighted by molar-refractivity contribution is -0.360. The van der Waals surface area contributed by atoms with Crippen LogP contribution in [0.15, 0.2) is 48.6 Å². The van der Waals surface area contributed by atoms with Crippen LogP contribution in [0.1, 0.15) is 362 Å². The van der Waals surface area contributed by atoms with Crippen molar-refractivity contribution in [2.45, 2.75) is 466 Å². The first kappa shape index (κ1) is 106. The highest BCUT2D eigenvalue weighted by Crippen LogP contribution is 2.49. The van der Waals surface area contributed by atoms with Gasteiger partial charge in [-0.3, -0.25) is 28.2 Å². The molecule has 0 bridgehead atoms. The van der Waals surface area contributed by atoms with Crippen molar-refractivity contribution in [3.63, 3.8) is 0 Å². The summed E-state index contributed by atoms with van der Waals surface area (Å²) in [6.07, 6.45) is 29.8. The quantitative estimate of drug-likeness (QED) is 0.00889. The van der Waals surface area contributed by atoms with E-state index in [4.69, 9.17) is 46.9 Å². The molecule has 1 aliphatic carbocycles. The normalized spacial score (nSPS) is 25.5. The van der Waals surface area contributed by atoms with E-state index in [1.165, 1.54) is 116 Å². The van der Waals surface area contributed by atoms with Crippen molar-refractivity contribution in [3.8, 4) is 0 Å². The lowest BCUT2D eigenvalue weighted by Crippen LogP contribution is -2.70. The van der Waals surface area contributed by atoms with Gasteiger partial charge in [0.15, 0.2) is 24.8 Å². The van der Waals surface area contributed by atoms with Gasteiger partial charge in [0.2, 0.25) is 0 Å². The van der Waals surface area contributed by atoms with Gasteiger partial charge >= 0.3 is 31.7 Å². The van der Waals surface area contributed by atoms with Gasteiger partial charge in [0, 0.05) is 25.7 Å². The highest BCUT2D eigenvalue weighted by Gasteiger charge is 2.60. The highest BCUT2D eigenvalue weighted by atomic mass is 31.2. The Morgan fingerprint density at radius 3 is 1.05 bits per heavy atom. The molecule has 2 heterocycles. The monoisotopic (exact) mass is 1660 g/mol. The van der Waals surface area contributed by atoms with E-state index >= 15 is 0 Å². The first-order valence-corrected chi connectivity index (χ1v) is 46.9. The fourth-order valence-electron chi connectivity index (χ4n) is 14.5. The van der Waals surface area contributed by atoms with Gasteiger partial charge in [0.05, 0.1) is 13.2 Å². The number of phosphoric ester groups is 1. The van der Waals surface area contributed by atoms with Crippen LogP contribution in [-0.2, 0) is 70.7 Å². The molecule has 670 valence electrons. The Morgan fingerprint density at radius 1 is 0.339 bits per heavy atom. The summed E-state index contributed by atoms with van der Waals surface area (Å²) in [6, 6.07) is 0. The zero-order chi connectivity index (χ0) is 84.0. The van der Waals surface area contributed by atoms with Crippen molar-refractivity contribution < 1.29 is 122 Å². The van der Waals surface area contributed by atoms with Crippen LogP contribution in [0.25, 0.3) is 0 Å². The van der Waals surface area contributed by atoms with E-state index in [9.17, 15) is 74.6 Å². The third kappa shape index (κ3) is 48.6. The molecule has 18 atom stereocenters. The van der Waals surface area contributed by atoms with Crippen LogP contribution in [0.3, 0.4) is 0 Å². The predicted octanol–water partition coefficient (Wildman–Crippen LogP) is 16.1. The van der Waals surface area contributed by atoms with E-state index in [0.717, 1.165) is 148 Å². The first-order valence-electron chi connectivity index (χ1n) is 45.4. The molecule has 0 amide bonds. The molecule has 115 heavy (non-hydrogen) atoms. The average Bonchev–Trinajstić information content (AvgIpc) is 0.750. The summed E-state index contributed by atoms with van der Waals surface area (Å²) in [6.45, 7) is 5.49. The van der Waals surface area contributed by atoms with E-state index in [2.05, 4.69) is 76.3 Å². The molecule has 0 spiro atoms. The molecule has 3 aliphatic rings. The molecule has 2 aliphatic heterocycles. The molecule has 10 N–H and O–H groups in total. The van der Waals surface area contributed by atoms with Crippen LogP contribution in [0.4, 0.5) is 0 Å². The Hall–Kier alpha value is -3.57. The summed E-state index contributed by atoms with van der Waals surface area (Å²) < 4.78 is 73.2. The smallest absolute Gasteiger partial charge is 0.463 e. The van der Waals surface area contributed by atoms with Gasteiger partial charge in [-0.05, 0) is 128 Å². The molecule has 3 fully saturated rings. The number of carbonyl (C=O) groups is 4. The van der Waals surface area contributed by atoms with Crippen molar-refractivity contribution in [2.75, 3.05) is 26.4 Å². The maximum atomic E-state index is 14.9. The van der Waals surface area contributed by atoms with Gasteiger partial charge < -0.3 is 88.7 Å². The minimum Gasteiger partial charge on any atom is -0.463 e. The molecule has 25 nitrogen and oxygen atoms in total. The molecule has 3 rings (SSSR count). The van der Waals surface area contributed by atoms with Gasteiger partial charge in [-0.25, -0.2) is 4.57 Å². The van der Waals surface area contributed by atoms with Crippen LogP contribution in [0, 0.1) is 0 Å². The number of ether oxygens (including phenoxy) is 8. The summed E-state index contributed by atoms with van der Waals surface area (Å²) in [7, 11) is -5.81. The number of aliphatic hydroxyl groups is 9. The SMILES string of the molecule is CCCCCC/C=C\CCCCCCCCCC(=O)OC(COC(=O)CCCCC/C=C\CCCCCCCC)COP(=O)(O)OC1C(OC2OC(CO)C(O)C(O)C2O)C(O)C(O)C(OC(=O)CCCCCCCCC/C=C\CCCCCC)C1OC1OC(COC(=O)CCCCC/C=C\CCCCCCCC)C(O)C(O)C1O. The van der Waals surface area contributed by atoms with Crippen LogP contribution in [0.2, 0.25) is 0 Å². The molecule has 26 heteroatoms. The standard InChI is InChI=1S/C89H159O25P/c1-5-9-13-17-21-25-29-33-35-39-43-47-51-55-59-63-74(93)108-69(66-105-72(91)61-57-53-49-45-41-37-31-27-23-19-15-11-7-3)67-107-115(103,104)114-87-85(112-88-82(101)78(97)76(95)70(65-90)109-88)81(100)80(99)84(111-75(94)64-60-56-52-48-44-40-36-34-30-26-22-18-14-10-6-2)86(87)113-89-83(102)79(98)77(96)71(110-89)68-106-73(92)62-58-54-50-46-42-38-32-28-24-20-16-12-8-4/h25-26,29-30,37-38,41-42,69-71,76-90,95-102H,5-24,27-28,31-36,39-40,43-68H2,1-4H3,(H,103,104)/b29-25-,30-26-,41-37-,42-38-. The number of rotatable bonds is 72. The second-order valence-electron chi connectivity index (χ2n) is 32.1. The van der Waals surface area contributed by atoms with E-state index in [0.29, 0.717) is 44.9 Å². The topological polar surface area (TPSA) is 380 Å². The predicted molar refractivity (Wildman–Crippen MR) is 444 cm³/mol. The number of carbonyl (C=O) groups excluding carboxylic acids is 4. The highest BCUT2D eigenvalue weighted by molar-refractivity contribution is 7.47. The number of hydrogen-bond donors (Lipinski definition) is 10. The molecule has 1 saturated carbocycles. The number of allylic oxidation sites excluding steroid dienone is 8. The molecule has 0 radical (unpaired) electrons. The molecular formula is C89H159O25P. The lowest BCUT2D eigenvalue weighted by atomic mass is 9.84. The first-order chi connectivity index (χ1) is 55.7. The van der Waals surface area contributed by atoms with Crippen molar-refractivity contribution in [2.24, 2.45) is 0 Å². The summed E-state index contributed by atoms with van der Waals surface area (Å²) in [5.41, 5.74) is 0. The Balaban J connectivity index is 1.94. The fourth-order valence-corrected chi connectivity index (χ4v) is 15.4. The van der Waals surface area contributed by atoms with Crippen LogP contribution < -0.4 is 0 Å². The van der Waals surface area contributed by atoms with Crippen LogP contribution in [-0.4, -0.2) is 205 Å². The number of aliphatic hydroxyl groups excluding tert-OH is 9. The summed E-state index contributed by atoms with van der Waals surface area (Å²) in [4.78, 5) is 66.3. The number of esters is 4. The Labute approximate surface area is 690 Å². The molecule has 2 saturated heterocycles. The van der Waals surface area contributed by atoms with Gasteiger partial charge in [-0.2, -0.15) is 0 Å². The zero-order valence-electron chi connectivity index (χ0n) is 71.1. The van der Waals surface area contributed by atoms with Gasteiger partial charge in [0.1, 0.15) is 92.6 Å². The second kappa shape index (κ2) is 68.0. The third-order valence-corrected chi connectivity index (χ3v) is 22.7. The Bertz CT molecular complexity index is 2590. The molecule has 0 aromatic carbocycles. The average molecular weight is 1660 g/mol. The van der Waals surface area contributed by atoms with Gasteiger partial charge in [-0.15, -0.1) is 0 Å². The summed E-state index contributed by atoms with van der Waals surface area (Å²) in [5, 5.41) is 102. The van der Waals surface area contributed by atoms with Crippen LogP contribution in [0.5, 0.6) is 0 Å². The maximum absolute atomic E-state index is 14.9. The van der Waals surface area contributed by atoms with Gasteiger partial charge in [-0.1, -0.05) is 256 Å². The van der Waals surface area contributed by atoms with Crippen molar-refractivity contribution in [1.29, 1.82) is 0 Å². The summed E-state index contributed by atoms with van der Waals surface area (Å²) >= 11 is 0. The molecular weight excluding hydrogens is 1500 g/mol. The summed E-state index contributed by atoms with van der Waals surface area (Å²) in [5.74, 6) is -3.02. The van der Waals surface area contributed by atoms with Crippen molar-refractivity contribution >= 4 is 31.7 Å². The van der Waals surface area contributed by atoms with Crippen molar-refractivity contribution in [3.05, 3.63) is 48.6 Å². The van der Waals surface area contributed by atoms with Gasteiger partial charge in [0.25, 0.3) is 0 Å². The number of hydrogen-bond acceptors (Lipinski definition) is 24. The van der Waals surface area contributed by atoms with E-state index in [1.807, 2.05) is 0 Å². The third-order valence-electron chi connectivity index (χ3n) is 21.7. The molecule has 0 aromatic heterocycles. The minimum absolute atomic E-state index is 0.00923. The second-order valence-corrected chi connectivity index (χ2v) is 33.5. The number of unbranched alkanes of at least 4 members (excludes halogenated alkanes) is 40. The van der Waals surface area contributed by atoms with E-state index in [1.54, 1.807) is 0 Å². The lowest BCUT2D eigenvalue weighted by Gasteiger charge is -2.50. The Kier molecular flexibility index (Phi) is 62.5. The Morgan fingerprint density at radius 2 is 0.652 bits per heavy atom. The zero-order valence-corrected chi connectivity index (χ0v) is 72.0. The minimum atomic E-state index is -5.81. The van der Waals surface area contributed by atoms with E-state index < -0.39 is 162 Å². The molecule has 0 aromatic rings. The van der Waals surface area contributed by atoms with Crippen molar-refractivity contribution in [1.82, 2.24) is 0 Å². The van der Waals surface area contributed by atoms with E-state index in [-0.39, 0.29) is 25.7 Å². The molecule has 18 unspecified atom stereocenters. The maximum Gasteiger partial charge on any atom is 0.472 e.